The Labute approximate surface area is 306 Å². The van der Waals surface area contributed by atoms with Gasteiger partial charge in [-0.25, -0.2) is 27.3 Å². The second-order valence-corrected chi connectivity index (χ2v) is 21.5. The number of hydrogen-bond donors (Lipinski definition) is 1. The molecule has 2 aromatic heterocycles. The molecule has 1 saturated heterocycles. The Morgan fingerprint density at radius 2 is 1.70 bits per heavy atom. The molecule has 1 spiro atoms. The quantitative estimate of drug-likeness (QED) is 0.0766. The predicted molar refractivity (Wildman–Crippen MR) is 193 cm³/mol. The molecule has 15 heteroatoms. The van der Waals surface area contributed by atoms with Crippen LogP contribution in [0.4, 0.5) is 28.2 Å². The molecular formula is C38H43F4N5O5Si. The molecule has 1 N–H and O–H groups in total. The number of likely N-dealkylation sites (tertiary alicyclic amines) is 1. The molecule has 3 amide bonds. The standard InChI is InChI=1S/C38H43F4N5O5Si/c1-22-14-32(44-36(50)52-37(2,3)4)43-33-26(22)17-25(46(33)21-51-12-13-53(5,6)7)20-47-34(48)27-16-24(39)8-9-28(27)38(47)10-11-45(35(38)49)19-23-15-30(41)31(42)18-29(23)40/h8-9,14-18H,10-13,19-21H2,1-7H3,(H,43,44,50)/t38-/m0/s1. The highest BCUT2D eigenvalue weighted by molar-refractivity contribution is 6.76. The third-order valence-electron chi connectivity index (χ3n) is 9.52. The lowest BCUT2D eigenvalue weighted by Gasteiger charge is -2.34. The van der Waals surface area contributed by atoms with Gasteiger partial charge in [0.25, 0.3) is 11.8 Å². The molecule has 0 aliphatic carbocycles. The summed E-state index contributed by atoms with van der Waals surface area (Å²) in [5.74, 6) is -5.18. The fraction of sp³-hybridized carbons (Fsp3) is 0.421. The molecule has 6 rings (SSSR count). The number of carbonyl (C=O) groups excluding carboxylic acids is 3. The van der Waals surface area contributed by atoms with Gasteiger partial charge in [-0.05, 0) is 69.6 Å². The van der Waals surface area contributed by atoms with Crippen LogP contribution in [-0.4, -0.2) is 64.1 Å². The number of amides is 3. The summed E-state index contributed by atoms with van der Waals surface area (Å²) in [4.78, 5) is 48.8. The number of anilines is 1. The summed E-state index contributed by atoms with van der Waals surface area (Å²) in [6.45, 7) is 13.8. The number of fused-ring (bicyclic) bond motifs is 3. The maximum absolute atomic E-state index is 14.7. The Morgan fingerprint density at radius 3 is 2.40 bits per heavy atom. The van der Waals surface area contributed by atoms with Crippen LogP contribution in [0.3, 0.4) is 0 Å². The van der Waals surface area contributed by atoms with Gasteiger partial charge in [0.1, 0.15) is 35.4 Å². The number of nitrogens with zero attached hydrogens (tertiary/aromatic N) is 4. The van der Waals surface area contributed by atoms with E-state index in [1.165, 1.54) is 21.9 Å². The van der Waals surface area contributed by atoms with Crippen LogP contribution in [0.15, 0.2) is 42.5 Å². The minimum atomic E-state index is -1.60. The molecule has 53 heavy (non-hydrogen) atoms. The van der Waals surface area contributed by atoms with Gasteiger partial charge in [0, 0.05) is 68.0 Å². The zero-order valence-electron chi connectivity index (χ0n) is 30.8. The van der Waals surface area contributed by atoms with Crippen LogP contribution in [0.1, 0.15) is 59.9 Å². The third kappa shape index (κ3) is 7.54. The summed E-state index contributed by atoms with van der Waals surface area (Å²) in [5.41, 5.74) is -0.476. The fourth-order valence-electron chi connectivity index (χ4n) is 6.91. The lowest BCUT2D eigenvalue weighted by atomic mass is 9.87. The highest BCUT2D eigenvalue weighted by Crippen LogP contribution is 2.48. The Kier molecular flexibility index (Phi) is 9.96. The summed E-state index contributed by atoms with van der Waals surface area (Å²) in [5, 5.41) is 3.40. The van der Waals surface area contributed by atoms with Gasteiger partial charge in [-0.2, -0.15) is 0 Å². The number of carbonyl (C=O) groups is 3. The molecule has 2 aromatic carbocycles. The van der Waals surface area contributed by atoms with Crippen molar-refractivity contribution in [2.24, 2.45) is 0 Å². The summed E-state index contributed by atoms with van der Waals surface area (Å²) < 4.78 is 70.6. The van der Waals surface area contributed by atoms with E-state index in [-0.39, 0.29) is 49.7 Å². The topological polar surface area (TPSA) is 106 Å². The van der Waals surface area contributed by atoms with Crippen molar-refractivity contribution in [2.45, 2.75) is 90.8 Å². The Morgan fingerprint density at radius 1 is 0.981 bits per heavy atom. The lowest BCUT2D eigenvalue weighted by Crippen LogP contribution is -2.49. The number of hydrogen-bond acceptors (Lipinski definition) is 6. The van der Waals surface area contributed by atoms with Crippen molar-refractivity contribution in [3.05, 3.63) is 93.7 Å². The molecule has 4 heterocycles. The number of aryl methyl sites for hydroxylation is 1. The molecule has 10 nitrogen and oxygen atoms in total. The van der Waals surface area contributed by atoms with Crippen molar-refractivity contribution < 1.29 is 41.4 Å². The van der Waals surface area contributed by atoms with Gasteiger partial charge in [-0.3, -0.25) is 14.9 Å². The van der Waals surface area contributed by atoms with Crippen LogP contribution in [-0.2, 0) is 39.6 Å². The van der Waals surface area contributed by atoms with Gasteiger partial charge in [0.05, 0.1) is 6.54 Å². The van der Waals surface area contributed by atoms with Gasteiger partial charge >= 0.3 is 6.09 Å². The molecule has 0 saturated carbocycles. The second-order valence-electron chi connectivity index (χ2n) is 15.9. The number of aromatic nitrogens is 2. The van der Waals surface area contributed by atoms with E-state index >= 15 is 0 Å². The summed E-state index contributed by atoms with van der Waals surface area (Å²) in [6, 6.07) is 9.26. The number of benzene rings is 2. The van der Waals surface area contributed by atoms with E-state index in [0.717, 1.165) is 17.7 Å². The fourth-order valence-corrected chi connectivity index (χ4v) is 7.66. The van der Waals surface area contributed by atoms with E-state index < -0.39 is 60.4 Å². The van der Waals surface area contributed by atoms with Crippen molar-refractivity contribution in [3.8, 4) is 0 Å². The Hall–Kier alpha value is -4.76. The average molecular weight is 754 g/mol. The van der Waals surface area contributed by atoms with Crippen LogP contribution in [0, 0.1) is 30.2 Å². The predicted octanol–water partition coefficient (Wildman–Crippen LogP) is 7.84. The first kappa shape index (κ1) is 38.0. The van der Waals surface area contributed by atoms with Gasteiger partial charge in [0.2, 0.25) is 0 Å². The highest BCUT2D eigenvalue weighted by Gasteiger charge is 2.59. The van der Waals surface area contributed by atoms with E-state index in [2.05, 4.69) is 25.0 Å². The zero-order valence-corrected chi connectivity index (χ0v) is 31.8. The molecule has 282 valence electrons. The van der Waals surface area contributed by atoms with Crippen LogP contribution < -0.4 is 5.32 Å². The zero-order chi connectivity index (χ0) is 38.6. The van der Waals surface area contributed by atoms with E-state index in [0.29, 0.717) is 41.0 Å². The number of nitrogens with one attached hydrogen (secondary N) is 1. The van der Waals surface area contributed by atoms with Crippen molar-refractivity contribution in [2.75, 3.05) is 18.5 Å². The Balaban J connectivity index is 1.40. The molecule has 2 aliphatic rings. The number of rotatable bonds is 10. The minimum absolute atomic E-state index is 0.0198. The summed E-state index contributed by atoms with van der Waals surface area (Å²) in [7, 11) is -1.46. The van der Waals surface area contributed by atoms with Crippen molar-refractivity contribution in [3.63, 3.8) is 0 Å². The van der Waals surface area contributed by atoms with Crippen LogP contribution >= 0.6 is 0 Å². The lowest BCUT2D eigenvalue weighted by molar-refractivity contribution is -0.137. The van der Waals surface area contributed by atoms with Gasteiger partial charge < -0.3 is 23.8 Å². The summed E-state index contributed by atoms with van der Waals surface area (Å²) >= 11 is 0. The van der Waals surface area contributed by atoms with Gasteiger partial charge in [-0.15, -0.1) is 0 Å². The SMILES string of the molecule is Cc1cc(NC(=O)OC(C)(C)C)nc2c1cc(CN1C(=O)c3cc(F)ccc3[C@]13CCN(Cc1cc(F)c(F)cc1F)C3=O)n2COCC[Si](C)(C)C. The summed E-state index contributed by atoms with van der Waals surface area (Å²) in [6.07, 6.45) is -0.606. The molecule has 1 fully saturated rings. The van der Waals surface area contributed by atoms with Gasteiger partial charge in [0.15, 0.2) is 17.2 Å². The Bertz CT molecular complexity index is 2130. The highest BCUT2D eigenvalue weighted by atomic mass is 28.3. The number of ether oxygens (including phenoxy) is 2. The van der Waals surface area contributed by atoms with Gasteiger partial charge in [-0.1, -0.05) is 25.7 Å². The molecular weight excluding hydrogens is 711 g/mol. The number of halogens is 4. The van der Waals surface area contributed by atoms with Crippen LogP contribution in [0.25, 0.3) is 11.0 Å². The first-order valence-electron chi connectivity index (χ1n) is 17.4. The maximum Gasteiger partial charge on any atom is 0.413 e. The third-order valence-corrected chi connectivity index (χ3v) is 11.2. The first-order chi connectivity index (χ1) is 24.8. The molecule has 1 atom stereocenters. The number of pyridine rings is 1. The molecule has 2 aliphatic heterocycles. The molecule has 0 bridgehead atoms. The van der Waals surface area contributed by atoms with E-state index in [4.69, 9.17) is 14.5 Å². The first-order valence-corrected chi connectivity index (χ1v) is 21.1. The molecule has 0 unspecified atom stereocenters. The normalized spacial score (nSPS) is 17.4. The van der Waals surface area contributed by atoms with Crippen molar-refractivity contribution in [1.29, 1.82) is 0 Å². The van der Waals surface area contributed by atoms with Crippen LogP contribution in [0.5, 0.6) is 0 Å². The van der Waals surface area contributed by atoms with Crippen LogP contribution in [0.2, 0.25) is 25.7 Å². The minimum Gasteiger partial charge on any atom is -0.444 e. The average Bonchev–Trinajstić information content (AvgIpc) is 3.63. The second kappa shape index (κ2) is 13.9. The van der Waals surface area contributed by atoms with E-state index in [1.54, 1.807) is 31.4 Å². The smallest absolute Gasteiger partial charge is 0.413 e. The van der Waals surface area contributed by atoms with Crippen molar-refractivity contribution >= 4 is 42.8 Å². The largest absolute Gasteiger partial charge is 0.444 e. The van der Waals surface area contributed by atoms with E-state index in [1.807, 2.05) is 13.0 Å². The molecule has 0 radical (unpaired) electrons. The maximum atomic E-state index is 14.7. The van der Waals surface area contributed by atoms with Crippen molar-refractivity contribution in [1.82, 2.24) is 19.4 Å². The van der Waals surface area contributed by atoms with E-state index in [9.17, 15) is 31.9 Å². The molecule has 4 aromatic rings. The monoisotopic (exact) mass is 753 g/mol.